The molecule has 1 atom stereocenters. The molecule has 0 spiro atoms. The summed E-state index contributed by atoms with van der Waals surface area (Å²) < 4.78 is 11.6. The summed E-state index contributed by atoms with van der Waals surface area (Å²) in [7, 11) is -0.393. The summed E-state index contributed by atoms with van der Waals surface area (Å²) in [4.78, 5) is 0. The predicted molar refractivity (Wildman–Crippen MR) is 68.3 cm³/mol. The van der Waals surface area contributed by atoms with E-state index >= 15 is 0 Å². The summed E-state index contributed by atoms with van der Waals surface area (Å²) >= 11 is 0. The Labute approximate surface area is 97.3 Å². The van der Waals surface area contributed by atoms with Crippen molar-refractivity contribution in [2.75, 3.05) is 0 Å². The third kappa shape index (κ3) is 1.91. The van der Waals surface area contributed by atoms with E-state index in [1.54, 1.807) is 0 Å². The van der Waals surface area contributed by atoms with E-state index in [1.165, 1.54) is 0 Å². The second-order valence-electron chi connectivity index (χ2n) is 3.96. The van der Waals surface area contributed by atoms with Crippen LogP contribution in [0.4, 0.5) is 0 Å². The van der Waals surface area contributed by atoms with Crippen molar-refractivity contribution in [2.24, 2.45) is 0 Å². The van der Waals surface area contributed by atoms with Crippen LogP contribution in [0.5, 0.6) is 0 Å². The smallest absolute Gasteiger partial charge is 0.0760 e. The average molecular weight is 229 g/mol. The van der Waals surface area contributed by atoms with Crippen molar-refractivity contribution in [2.45, 2.75) is 12.1 Å². The van der Waals surface area contributed by atoms with Crippen LogP contribution >= 0.6 is 8.46 Å². The van der Waals surface area contributed by atoms with Gasteiger partial charge in [-0.2, -0.15) is 0 Å². The van der Waals surface area contributed by atoms with Crippen LogP contribution in [0.3, 0.4) is 0 Å². The minimum atomic E-state index is -0.400. The minimum Gasteiger partial charge on any atom is -0.0760 e. The fourth-order valence-corrected chi connectivity index (χ4v) is 2.40. The largest absolute Gasteiger partial charge is 0.340 e. The minimum absolute atomic E-state index is 0.393. The van der Waals surface area contributed by atoms with E-state index in [9.17, 15) is 4.57 Å². The Morgan fingerprint density at radius 2 is 1.19 bits per heavy atom. The highest BCUT2D eigenvalue weighted by Crippen LogP contribution is 2.40. The van der Waals surface area contributed by atoms with Gasteiger partial charge in [-0.15, -0.1) is 0 Å². The molecule has 0 fully saturated rings. The second kappa shape index (κ2) is 4.59. The highest BCUT2D eigenvalue weighted by Gasteiger charge is 2.37. The summed E-state index contributed by atoms with van der Waals surface area (Å²) in [5.41, 5.74) is 2.18. The van der Waals surface area contributed by atoms with Gasteiger partial charge in [-0.05, 0) is 6.92 Å². The van der Waals surface area contributed by atoms with Crippen molar-refractivity contribution in [1.29, 1.82) is 0 Å². The maximum Gasteiger partial charge on any atom is 0.340 e. The quantitative estimate of drug-likeness (QED) is 0.728. The fourth-order valence-electron chi connectivity index (χ4n) is 1.83. The first-order chi connectivity index (χ1) is 7.77. The zero-order chi connectivity index (χ0) is 11.4. The fraction of sp³-hybridized carbons (Fsp3) is 0.143. The summed E-state index contributed by atoms with van der Waals surface area (Å²) in [6.45, 7) is 2.02. The van der Waals surface area contributed by atoms with Crippen molar-refractivity contribution in [3.05, 3.63) is 71.8 Å². The molecule has 0 aromatic heterocycles. The third-order valence-electron chi connectivity index (χ3n) is 2.91. The molecule has 16 heavy (non-hydrogen) atoms. The molecule has 2 aromatic carbocycles. The number of hydrogen-bond donors (Lipinski definition) is 0. The Bertz CT molecular complexity index is 425. The van der Waals surface area contributed by atoms with Gasteiger partial charge in [0.05, 0.1) is 0 Å². The normalized spacial score (nSPS) is 11.6. The molecule has 0 amide bonds. The Hall–Kier alpha value is -1.46. The first-order valence-electron chi connectivity index (χ1n) is 5.28. The SMILES string of the molecule is CC([PH+]=O)(c1ccccc1)c1ccccc1. The van der Waals surface area contributed by atoms with E-state index in [2.05, 4.69) is 0 Å². The topological polar surface area (TPSA) is 17.1 Å². The van der Waals surface area contributed by atoms with Crippen molar-refractivity contribution >= 4 is 8.46 Å². The van der Waals surface area contributed by atoms with Gasteiger partial charge in [0.1, 0.15) is 0 Å². The molecule has 0 aliphatic carbocycles. The van der Waals surface area contributed by atoms with Gasteiger partial charge in [0.15, 0.2) is 0 Å². The first-order valence-corrected chi connectivity index (χ1v) is 6.18. The van der Waals surface area contributed by atoms with Gasteiger partial charge in [0, 0.05) is 11.1 Å². The van der Waals surface area contributed by atoms with E-state index in [0.29, 0.717) is 0 Å². The summed E-state index contributed by atoms with van der Waals surface area (Å²) in [6, 6.07) is 20.0. The zero-order valence-corrected chi connectivity index (χ0v) is 10.2. The monoisotopic (exact) mass is 229 g/mol. The van der Waals surface area contributed by atoms with E-state index in [4.69, 9.17) is 0 Å². The van der Waals surface area contributed by atoms with E-state index in [-0.39, 0.29) is 0 Å². The number of rotatable bonds is 3. The van der Waals surface area contributed by atoms with Gasteiger partial charge >= 0.3 is 8.46 Å². The maximum absolute atomic E-state index is 11.6. The number of benzene rings is 2. The van der Waals surface area contributed by atoms with Crippen LogP contribution in [0.1, 0.15) is 18.1 Å². The van der Waals surface area contributed by atoms with Crippen molar-refractivity contribution in [1.82, 2.24) is 0 Å². The zero-order valence-electron chi connectivity index (χ0n) is 9.18. The summed E-state index contributed by atoms with van der Waals surface area (Å²) in [5.74, 6) is 0. The Morgan fingerprint density at radius 3 is 1.50 bits per heavy atom. The van der Waals surface area contributed by atoms with Crippen LogP contribution < -0.4 is 0 Å². The average Bonchev–Trinajstić information content (AvgIpc) is 2.40. The lowest BCUT2D eigenvalue weighted by Crippen LogP contribution is -2.15. The van der Waals surface area contributed by atoms with Gasteiger partial charge < -0.3 is 0 Å². The molecule has 0 radical (unpaired) electrons. The van der Waals surface area contributed by atoms with Crippen LogP contribution in [0.2, 0.25) is 0 Å². The molecule has 2 heteroatoms. The standard InChI is InChI=1S/C14H13OP/c1-14(16-15,12-8-4-2-5-9-12)13-10-6-3-7-11-13/h2-11H,1H3/p+1. The lowest BCUT2D eigenvalue weighted by Gasteiger charge is -2.16. The highest BCUT2D eigenvalue weighted by molar-refractivity contribution is 7.25. The molecule has 0 saturated carbocycles. The Balaban J connectivity index is 2.53. The van der Waals surface area contributed by atoms with Crippen LogP contribution in [0, 0.1) is 0 Å². The van der Waals surface area contributed by atoms with Crippen LogP contribution in [-0.2, 0) is 9.72 Å². The van der Waals surface area contributed by atoms with Crippen LogP contribution in [0.15, 0.2) is 60.7 Å². The lowest BCUT2D eigenvalue weighted by atomic mass is 9.92. The van der Waals surface area contributed by atoms with Crippen LogP contribution in [0.25, 0.3) is 0 Å². The van der Waals surface area contributed by atoms with Gasteiger partial charge in [-0.25, -0.2) is 0 Å². The highest BCUT2D eigenvalue weighted by atomic mass is 31.1. The van der Waals surface area contributed by atoms with E-state index < -0.39 is 13.6 Å². The van der Waals surface area contributed by atoms with Gasteiger partial charge in [0.2, 0.25) is 5.16 Å². The van der Waals surface area contributed by atoms with Gasteiger partial charge in [0.25, 0.3) is 0 Å². The van der Waals surface area contributed by atoms with E-state index in [0.717, 1.165) is 11.1 Å². The predicted octanol–water partition coefficient (Wildman–Crippen LogP) is 3.97. The summed E-state index contributed by atoms with van der Waals surface area (Å²) in [5, 5.41) is -0.400. The van der Waals surface area contributed by atoms with Crippen molar-refractivity contribution in [3.63, 3.8) is 0 Å². The van der Waals surface area contributed by atoms with Gasteiger partial charge in [-0.3, -0.25) is 0 Å². The molecular formula is C14H14OP+. The molecule has 1 unspecified atom stereocenters. The van der Waals surface area contributed by atoms with Crippen molar-refractivity contribution in [3.8, 4) is 0 Å². The summed E-state index contributed by atoms with van der Waals surface area (Å²) in [6.07, 6.45) is 0. The van der Waals surface area contributed by atoms with E-state index in [1.807, 2.05) is 67.6 Å². The molecule has 0 bridgehead atoms. The number of hydrogen-bond acceptors (Lipinski definition) is 1. The molecule has 0 aliphatic rings. The molecule has 0 heterocycles. The molecule has 2 aromatic rings. The Morgan fingerprint density at radius 1 is 0.812 bits per heavy atom. The molecule has 0 aliphatic heterocycles. The second-order valence-corrected chi connectivity index (χ2v) is 5.16. The molecule has 0 N–H and O–H groups in total. The van der Waals surface area contributed by atoms with Crippen LogP contribution in [-0.4, -0.2) is 0 Å². The third-order valence-corrected chi connectivity index (χ3v) is 3.89. The molecule has 2 rings (SSSR count). The Kier molecular flexibility index (Phi) is 3.17. The molecule has 0 saturated heterocycles. The molecule has 80 valence electrons. The first kappa shape index (κ1) is 11.0. The lowest BCUT2D eigenvalue weighted by molar-refractivity contribution is 0.582. The van der Waals surface area contributed by atoms with Crippen molar-refractivity contribution < 1.29 is 4.57 Å². The molecular weight excluding hydrogens is 215 g/mol. The molecule has 1 nitrogen and oxygen atoms in total. The van der Waals surface area contributed by atoms with Gasteiger partial charge in [-0.1, -0.05) is 65.2 Å². The maximum atomic E-state index is 11.6.